The molecule has 84 valence electrons. The van der Waals surface area contributed by atoms with Gasteiger partial charge in [0.15, 0.2) is 5.92 Å². The van der Waals surface area contributed by atoms with Crippen LogP contribution in [0.15, 0.2) is 16.3 Å². The number of ether oxygens (including phenoxy) is 1. The van der Waals surface area contributed by atoms with Crippen molar-refractivity contribution < 1.29 is 14.5 Å². The molecule has 0 saturated heterocycles. The standard InChI is InChI=1S/C9H9N3O4/c1-5-8(12(14)15)7(4-16-2)6(3-10)9(13)11-5/h6H,4H2,1-2H3/t6-/m0/s1. The molecule has 0 fully saturated rings. The molecule has 0 saturated carbocycles. The number of aliphatic imine (C=N–C) groups is 1. The highest BCUT2D eigenvalue weighted by molar-refractivity contribution is 6.08. The maximum absolute atomic E-state index is 11.4. The second kappa shape index (κ2) is 4.63. The van der Waals surface area contributed by atoms with Crippen LogP contribution in [-0.4, -0.2) is 30.3 Å². The first-order valence-corrected chi connectivity index (χ1v) is 4.38. The Kier molecular flexibility index (Phi) is 3.48. The largest absolute Gasteiger partial charge is 0.380 e. The summed E-state index contributed by atoms with van der Waals surface area (Å²) in [4.78, 5) is 25.0. The van der Waals surface area contributed by atoms with Crippen LogP contribution in [-0.2, 0) is 9.53 Å². The van der Waals surface area contributed by atoms with Crippen LogP contribution >= 0.6 is 0 Å². The average Bonchev–Trinajstić information content (AvgIpc) is 2.17. The molecule has 1 heterocycles. The molecule has 0 spiro atoms. The van der Waals surface area contributed by atoms with Crippen molar-refractivity contribution in [2.75, 3.05) is 13.7 Å². The summed E-state index contributed by atoms with van der Waals surface area (Å²) in [5, 5.41) is 19.6. The zero-order chi connectivity index (χ0) is 12.3. The molecule has 0 unspecified atom stereocenters. The third kappa shape index (κ3) is 1.97. The van der Waals surface area contributed by atoms with Gasteiger partial charge in [-0.25, -0.2) is 4.99 Å². The smallest absolute Gasteiger partial charge is 0.293 e. The molecular weight excluding hydrogens is 214 g/mol. The van der Waals surface area contributed by atoms with Gasteiger partial charge in [-0.2, -0.15) is 5.26 Å². The van der Waals surface area contributed by atoms with Gasteiger partial charge in [-0.15, -0.1) is 0 Å². The Labute approximate surface area is 91.2 Å². The quantitative estimate of drug-likeness (QED) is 0.505. The van der Waals surface area contributed by atoms with Crippen LogP contribution in [0.1, 0.15) is 6.92 Å². The fourth-order valence-electron chi connectivity index (χ4n) is 1.49. The number of nitro groups is 1. The molecule has 1 aliphatic rings. The van der Waals surface area contributed by atoms with Crippen molar-refractivity contribution in [2.24, 2.45) is 10.9 Å². The van der Waals surface area contributed by atoms with Crippen molar-refractivity contribution in [3.8, 4) is 6.07 Å². The lowest BCUT2D eigenvalue weighted by molar-refractivity contribution is -0.417. The van der Waals surface area contributed by atoms with Gasteiger partial charge >= 0.3 is 0 Å². The van der Waals surface area contributed by atoms with E-state index in [1.807, 2.05) is 0 Å². The molecule has 1 amide bonds. The first kappa shape index (κ1) is 12.0. The number of nitrogens with zero attached hydrogens (tertiary/aromatic N) is 3. The number of rotatable bonds is 3. The van der Waals surface area contributed by atoms with Crippen LogP contribution in [0.3, 0.4) is 0 Å². The number of amides is 1. The predicted octanol–water partition coefficient (Wildman–Crippen LogP) is 0.304. The van der Waals surface area contributed by atoms with E-state index in [4.69, 9.17) is 10.00 Å². The molecule has 0 radical (unpaired) electrons. The highest BCUT2D eigenvalue weighted by atomic mass is 16.6. The zero-order valence-corrected chi connectivity index (χ0v) is 8.76. The lowest BCUT2D eigenvalue weighted by atomic mass is 9.94. The molecule has 0 aromatic heterocycles. The van der Waals surface area contributed by atoms with Crippen LogP contribution < -0.4 is 0 Å². The molecule has 0 aromatic carbocycles. The maximum Gasteiger partial charge on any atom is 0.293 e. The second-order valence-corrected chi connectivity index (χ2v) is 3.16. The lowest BCUT2D eigenvalue weighted by Crippen LogP contribution is -2.28. The number of carbonyl (C=O) groups is 1. The summed E-state index contributed by atoms with van der Waals surface area (Å²) in [5.41, 5.74) is -0.228. The van der Waals surface area contributed by atoms with E-state index in [1.54, 1.807) is 6.07 Å². The summed E-state index contributed by atoms with van der Waals surface area (Å²) >= 11 is 0. The van der Waals surface area contributed by atoms with E-state index in [2.05, 4.69) is 4.99 Å². The third-order valence-electron chi connectivity index (χ3n) is 2.13. The van der Waals surface area contributed by atoms with Crippen molar-refractivity contribution in [1.29, 1.82) is 5.26 Å². The molecule has 7 heteroatoms. The predicted molar refractivity (Wildman–Crippen MR) is 53.1 cm³/mol. The SMILES string of the molecule is COCC1=C([N+](=O)[O-])C(C)=NC(=O)[C@H]1C#N. The molecule has 7 nitrogen and oxygen atoms in total. The molecule has 1 aliphatic heterocycles. The van der Waals surface area contributed by atoms with Crippen molar-refractivity contribution in [2.45, 2.75) is 6.92 Å². The first-order valence-electron chi connectivity index (χ1n) is 4.38. The molecule has 16 heavy (non-hydrogen) atoms. The summed E-state index contributed by atoms with van der Waals surface area (Å²) < 4.78 is 4.77. The van der Waals surface area contributed by atoms with Gasteiger partial charge in [-0.05, 0) is 6.92 Å². The zero-order valence-electron chi connectivity index (χ0n) is 8.76. The Hall–Kier alpha value is -2.07. The lowest BCUT2D eigenvalue weighted by Gasteiger charge is -2.15. The minimum Gasteiger partial charge on any atom is -0.380 e. The van der Waals surface area contributed by atoms with E-state index in [0.29, 0.717) is 0 Å². The summed E-state index contributed by atoms with van der Waals surface area (Å²) in [5.74, 6) is -1.90. The van der Waals surface area contributed by atoms with Gasteiger partial charge in [-0.1, -0.05) is 0 Å². The van der Waals surface area contributed by atoms with Gasteiger partial charge in [-0.3, -0.25) is 14.9 Å². The highest BCUT2D eigenvalue weighted by Gasteiger charge is 2.37. The fourth-order valence-corrected chi connectivity index (χ4v) is 1.49. The Morgan fingerprint density at radius 3 is 2.75 bits per heavy atom. The topological polar surface area (TPSA) is 106 Å². The summed E-state index contributed by atoms with van der Waals surface area (Å²) in [6, 6.07) is 1.70. The van der Waals surface area contributed by atoms with Crippen LogP contribution in [0.5, 0.6) is 0 Å². The van der Waals surface area contributed by atoms with Crippen molar-refractivity contribution in [3.05, 3.63) is 21.4 Å². The van der Waals surface area contributed by atoms with Crippen LogP contribution in [0.25, 0.3) is 0 Å². The Morgan fingerprint density at radius 1 is 1.69 bits per heavy atom. The van der Waals surface area contributed by atoms with Crippen LogP contribution in [0.2, 0.25) is 0 Å². The Morgan fingerprint density at radius 2 is 2.31 bits per heavy atom. The van der Waals surface area contributed by atoms with Gasteiger partial charge < -0.3 is 4.74 Å². The van der Waals surface area contributed by atoms with Gasteiger partial charge in [0.1, 0.15) is 5.71 Å². The molecule has 0 bridgehead atoms. The molecule has 0 aliphatic carbocycles. The van der Waals surface area contributed by atoms with E-state index in [0.717, 1.165) is 0 Å². The van der Waals surface area contributed by atoms with E-state index in [9.17, 15) is 14.9 Å². The van der Waals surface area contributed by atoms with Gasteiger partial charge in [0, 0.05) is 7.11 Å². The van der Waals surface area contributed by atoms with E-state index < -0.39 is 16.7 Å². The molecule has 1 atom stereocenters. The first-order chi connectivity index (χ1) is 7.52. The number of methoxy groups -OCH3 is 1. The second-order valence-electron chi connectivity index (χ2n) is 3.16. The third-order valence-corrected chi connectivity index (χ3v) is 2.13. The van der Waals surface area contributed by atoms with Gasteiger partial charge in [0.2, 0.25) is 0 Å². The van der Waals surface area contributed by atoms with E-state index in [1.165, 1.54) is 14.0 Å². The number of allylic oxidation sites excluding steroid dienone is 1. The van der Waals surface area contributed by atoms with Gasteiger partial charge in [0.05, 0.1) is 23.2 Å². The molecule has 0 aromatic rings. The minimum absolute atomic E-state index is 0.00792. The number of carbonyl (C=O) groups excluding carboxylic acids is 1. The number of hydrogen-bond acceptors (Lipinski definition) is 5. The van der Waals surface area contributed by atoms with E-state index >= 15 is 0 Å². The monoisotopic (exact) mass is 223 g/mol. The van der Waals surface area contributed by atoms with Crippen molar-refractivity contribution in [3.63, 3.8) is 0 Å². The average molecular weight is 223 g/mol. The van der Waals surface area contributed by atoms with Gasteiger partial charge in [0.25, 0.3) is 11.6 Å². The van der Waals surface area contributed by atoms with E-state index in [-0.39, 0.29) is 23.6 Å². The minimum atomic E-state index is -1.22. The molecular formula is C9H9N3O4. The molecule has 0 N–H and O–H groups in total. The highest BCUT2D eigenvalue weighted by Crippen LogP contribution is 2.23. The Bertz CT molecular complexity index is 444. The van der Waals surface area contributed by atoms with Crippen molar-refractivity contribution >= 4 is 11.6 Å². The Balaban J connectivity index is 3.35. The number of hydrogen-bond donors (Lipinski definition) is 0. The maximum atomic E-state index is 11.4. The number of nitriles is 1. The van der Waals surface area contributed by atoms with Crippen LogP contribution in [0.4, 0.5) is 0 Å². The number of dihydropyridines is 1. The summed E-state index contributed by atoms with van der Waals surface area (Å²) in [6.45, 7) is 1.23. The van der Waals surface area contributed by atoms with Crippen molar-refractivity contribution in [1.82, 2.24) is 0 Å². The summed E-state index contributed by atoms with van der Waals surface area (Å²) in [6.07, 6.45) is 0. The molecule has 1 rings (SSSR count). The van der Waals surface area contributed by atoms with Crippen LogP contribution in [0, 0.1) is 27.4 Å². The fraction of sp³-hybridized carbons (Fsp3) is 0.444. The summed E-state index contributed by atoms with van der Waals surface area (Å²) in [7, 11) is 1.34. The normalized spacial score (nSPS) is 20.4.